The van der Waals surface area contributed by atoms with Crippen LogP contribution in [0.4, 0.5) is 5.69 Å². The topological polar surface area (TPSA) is 85.3 Å². The van der Waals surface area contributed by atoms with E-state index in [1.165, 1.54) is 25.2 Å². The number of benzene rings is 1. The molecule has 124 valence electrons. The van der Waals surface area contributed by atoms with E-state index in [-0.39, 0.29) is 36.0 Å². The van der Waals surface area contributed by atoms with Gasteiger partial charge in [-0.2, -0.15) is 0 Å². The van der Waals surface area contributed by atoms with Crippen LogP contribution in [0.3, 0.4) is 0 Å². The number of carbonyl (C=O) groups excluding carboxylic acids is 2. The predicted octanol–water partition coefficient (Wildman–Crippen LogP) is 1.75. The summed E-state index contributed by atoms with van der Waals surface area (Å²) in [5.41, 5.74) is 0.698. The molecule has 1 aliphatic heterocycles. The van der Waals surface area contributed by atoms with Gasteiger partial charge in [-0.25, -0.2) is 9.59 Å². The number of rotatable bonds is 3. The van der Waals surface area contributed by atoms with Crippen molar-refractivity contribution >= 4 is 29.2 Å². The maximum atomic E-state index is 12.2. The third-order valence-electron chi connectivity index (χ3n) is 3.37. The third kappa shape index (κ3) is 3.25. The van der Waals surface area contributed by atoms with Gasteiger partial charge in [0.15, 0.2) is 0 Å². The molecule has 1 aliphatic rings. The molecule has 0 saturated carbocycles. The van der Waals surface area contributed by atoms with Crippen molar-refractivity contribution in [1.29, 1.82) is 0 Å². The molecular formula is C15H16ClNO6. The molecule has 0 unspecified atom stereocenters. The molecule has 1 aromatic rings. The van der Waals surface area contributed by atoms with Crippen LogP contribution in [0.5, 0.6) is 5.75 Å². The summed E-state index contributed by atoms with van der Waals surface area (Å²) in [6, 6.07) is 3.05. The SMILES string of the molecule is COC(=O)C1=C(C(=O)OC)N(c2cc(Cl)cc(C)c2O)COC1. The number of methoxy groups -OCH3 is 2. The highest BCUT2D eigenvalue weighted by atomic mass is 35.5. The second-order valence-electron chi connectivity index (χ2n) is 4.81. The summed E-state index contributed by atoms with van der Waals surface area (Å²) in [5.74, 6) is -1.54. The minimum atomic E-state index is -0.745. The van der Waals surface area contributed by atoms with Crippen LogP contribution in [0.25, 0.3) is 0 Å². The number of aromatic hydroxyl groups is 1. The van der Waals surface area contributed by atoms with E-state index in [1.807, 2.05) is 0 Å². The molecule has 1 heterocycles. The Labute approximate surface area is 138 Å². The molecule has 23 heavy (non-hydrogen) atoms. The molecular weight excluding hydrogens is 326 g/mol. The number of phenolic OH excluding ortho intramolecular Hbond substituents is 1. The molecule has 2 rings (SSSR count). The second kappa shape index (κ2) is 6.89. The standard InChI is InChI=1S/C15H16ClNO6/c1-8-4-9(16)5-11(13(8)18)17-7-23-6-10(14(19)21-2)12(17)15(20)22-3/h4-5,18H,6-7H2,1-3H3. The van der Waals surface area contributed by atoms with E-state index < -0.39 is 11.9 Å². The molecule has 8 heteroatoms. The Balaban J connectivity index is 2.65. The van der Waals surface area contributed by atoms with Gasteiger partial charge in [-0.15, -0.1) is 0 Å². The molecule has 0 radical (unpaired) electrons. The van der Waals surface area contributed by atoms with Crippen LogP contribution in [0, 0.1) is 6.92 Å². The van der Waals surface area contributed by atoms with Crippen LogP contribution in [-0.4, -0.2) is 44.6 Å². The van der Waals surface area contributed by atoms with Crippen molar-refractivity contribution < 1.29 is 28.9 Å². The Morgan fingerprint density at radius 1 is 1.26 bits per heavy atom. The predicted molar refractivity (Wildman–Crippen MR) is 82.2 cm³/mol. The van der Waals surface area contributed by atoms with Crippen molar-refractivity contribution in [3.63, 3.8) is 0 Å². The molecule has 0 atom stereocenters. The zero-order valence-electron chi connectivity index (χ0n) is 12.9. The van der Waals surface area contributed by atoms with Gasteiger partial charge in [0.25, 0.3) is 0 Å². The lowest BCUT2D eigenvalue weighted by Gasteiger charge is -2.32. The minimum Gasteiger partial charge on any atom is -0.505 e. The first-order chi connectivity index (χ1) is 10.9. The summed E-state index contributed by atoms with van der Waals surface area (Å²) < 4.78 is 14.8. The molecule has 0 spiro atoms. The fourth-order valence-electron chi connectivity index (χ4n) is 2.26. The molecule has 0 aromatic heterocycles. The summed E-state index contributed by atoms with van der Waals surface area (Å²) in [7, 11) is 2.39. The zero-order chi connectivity index (χ0) is 17.1. The van der Waals surface area contributed by atoms with Crippen LogP contribution in [0.1, 0.15) is 5.56 Å². The molecule has 0 fully saturated rings. The molecule has 0 saturated heterocycles. The summed E-state index contributed by atoms with van der Waals surface area (Å²) in [4.78, 5) is 25.4. The molecule has 1 N–H and O–H groups in total. The Morgan fingerprint density at radius 2 is 1.91 bits per heavy atom. The van der Waals surface area contributed by atoms with Crippen LogP contribution >= 0.6 is 11.6 Å². The van der Waals surface area contributed by atoms with Gasteiger partial charge in [-0.3, -0.25) is 0 Å². The lowest BCUT2D eigenvalue weighted by atomic mass is 10.1. The van der Waals surface area contributed by atoms with Gasteiger partial charge in [0.05, 0.1) is 32.1 Å². The quantitative estimate of drug-likeness (QED) is 0.838. The first kappa shape index (κ1) is 17.1. The number of nitrogens with zero attached hydrogens (tertiary/aromatic N) is 1. The van der Waals surface area contributed by atoms with Crippen molar-refractivity contribution in [2.45, 2.75) is 6.92 Å². The van der Waals surface area contributed by atoms with Crippen LogP contribution < -0.4 is 4.90 Å². The largest absolute Gasteiger partial charge is 0.505 e. The van der Waals surface area contributed by atoms with E-state index in [4.69, 9.17) is 21.1 Å². The van der Waals surface area contributed by atoms with E-state index in [2.05, 4.69) is 4.74 Å². The fourth-order valence-corrected chi connectivity index (χ4v) is 2.52. The average molecular weight is 342 g/mol. The number of hydrogen-bond donors (Lipinski definition) is 1. The Hall–Kier alpha value is -2.25. The number of carbonyl (C=O) groups is 2. The van der Waals surface area contributed by atoms with Gasteiger partial charge in [0.1, 0.15) is 18.2 Å². The third-order valence-corrected chi connectivity index (χ3v) is 3.59. The molecule has 0 amide bonds. The average Bonchev–Trinajstić information content (AvgIpc) is 2.55. The fraction of sp³-hybridized carbons (Fsp3) is 0.333. The number of halogens is 1. The number of hydrogen-bond acceptors (Lipinski definition) is 7. The molecule has 0 bridgehead atoms. The van der Waals surface area contributed by atoms with Gasteiger partial charge < -0.3 is 24.2 Å². The summed E-state index contributed by atoms with van der Waals surface area (Å²) in [6.07, 6.45) is 0. The maximum absolute atomic E-state index is 12.2. The number of esters is 2. The number of anilines is 1. The first-order valence-corrected chi connectivity index (χ1v) is 7.02. The van der Waals surface area contributed by atoms with Crippen LogP contribution in [0.15, 0.2) is 23.4 Å². The highest BCUT2D eigenvalue weighted by Gasteiger charge is 2.33. The molecule has 1 aromatic carbocycles. The summed E-state index contributed by atoms with van der Waals surface area (Å²) >= 11 is 6.03. The van der Waals surface area contributed by atoms with Crippen LogP contribution in [-0.2, 0) is 23.8 Å². The summed E-state index contributed by atoms with van der Waals surface area (Å²) in [5, 5.41) is 10.6. The van der Waals surface area contributed by atoms with Crippen molar-refractivity contribution in [3.8, 4) is 5.75 Å². The number of phenols is 1. The van der Waals surface area contributed by atoms with Crippen molar-refractivity contribution in [3.05, 3.63) is 34.0 Å². The highest BCUT2D eigenvalue weighted by Crippen LogP contribution is 2.37. The Bertz CT molecular complexity index is 685. The lowest BCUT2D eigenvalue weighted by molar-refractivity contribution is -0.140. The smallest absolute Gasteiger partial charge is 0.355 e. The van der Waals surface area contributed by atoms with E-state index >= 15 is 0 Å². The second-order valence-corrected chi connectivity index (χ2v) is 5.24. The molecule has 0 aliphatic carbocycles. The van der Waals surface area contributed by atoms with E-state index in [9.17, 15) is 14.7 Å². The minimum absolute atomic E-state index is 0.00243. The monoisotopic (exact) mass is 341 g/mol. The van der Waals surface area contributed by atoms with Gasteiger partial charge in [0.2, 0.25) is 0 Å². The lowest BCUT2D eigenvalue weighted by Crippen LogP contribution is -2.38. The van der Waals surface area contributed by atoms with Crippen molar-refractivity contribution in [2.75, 3.05) is 32.5 Å². The Kier molecular flexibility index (Phi) is 5.12. The van der Waals surface area contributed by atoms with Crippen LogP contribution in [0.2, 0.25) is 5.02 Å². The van der Waals surface area contributed by atoms with Crippen molar-refractivity contribution in [2.24, 2.45) is 0 Å². The van der Waals surface area contributed by atoms with Gasteiger partial charge in [-0.05, 0) is 24.6 Å². The number of aryl methyl sites for hydroxylation is 1. The zero-order valence-corrected chi connectivity index (χ0v) is 13.6. The van der Waals surface area contributed by atoms with E-state index in [0.29, 0.717) is 10.6 Å². The van der Waals surface area contributed by atoms with Gasteiger partial charge in [-0.1, -0.05) is 11.6 Å². The van der Waals surface area contributed by atoms with Gasteiger partial charge in [0, 0.05) is 5.02 Å². The van der Waals surface area contributed by atoms with E-state index in [0.717, 1.165) is 0 Å². The summed E-state index contributed by atoms with van der Waals surface area (Å²) in [6.45, 7) is 1.50. The van der Waals surface area contributed by atoms with E-state index in [1.54, 1.807) is 13.0 Å². The Morgan fingerprint density at radius 3 is 2.52 bits per heavy atom. The maximum Gasteiger partial charge on any atom is 0.355 e. The van der Waals surface area contributed by atoms with Crippen molar-refractivity contribution in [1.82, 2.24) is 0 Å². The first-order valence-electron chi connectivity index (χ1n) is 6.64. The highest BCUT2D eigenvalue weighted by molar-refractivity contribution is 6.31. The normalized spacial score (nSPS) is 14.7. The van der Waals surface area contributed by atoms with Gasteiger partial charge >= 0.3 is 11.9 Å². The number of ether oxygens (including phenoxy) is 3. The molecule has 7 nitrogen and oxygen atoms in total.